The van der Waals surface area contributed by atoms with Crippen LogP contribution < -0.4 is 5.32 Å². The summed E-state index contributed by atoms with van der Waals surface area (Å²) in [5.74, 6) is 1.31. The highest BCUT2D eigenvalue weighted by Gasteiger charge is 2.06. The number of aromatic nitrogens is 3. The van der Waals surface area contributed by atoms with Gasteiger partial charge in [-0.15, -0.1) is 10.2 Å². The zero-order chi connectivity index (χ0) is 12.0. The van der Waals surface area contributed by atoms with Crippen LogP contribution in [0.4, 0.5) is 0 Å². The van der Waals surface area contributed by atoms with Crippen LogP contribution in [0.25, 0.3) is 0 Å². The molecule has 0 aliphatic carbocycles. The third-order valence-electron chi connectivity index (χ3n) is 2.34. The lowest BCUT2D eigenvalue weighted by atomic mass is 10.4. The monoisotopic (exact) mass is 246 g/mol. The average Bonchev–Trinajstić information content (AvgIpc) is 2.64. The van der Waals surface area contributed by atoms with Gasteiger partial charge in [0.05, 0.1) is 12.3 Å². The van der Waals surface area contributed by atoms with Crippen molar-refractivity contribution >= 4 is 9.84 Å². The van der Waals surface area contributed by atoms with Gasteiger partial charge < -0.3 is 9.88 Å². The van der Waals surface area contributed by atoms with Gasteiger partial charge in [0, 0.05) is 12.8 Å². The van der Waals surface area contributed by atoms with Gasteiger partial charge in [0.15, 0.2) is 0 Å². The summed E-state index contributed by atoms with van der Waals surface area (Å²) in [4.78, 5) is 0. The molecule has 1 aromatic rings. The average molecular weight is 246 g/mol. The van der Waals surface area contributed by atoms with E-state index < -0.39 is 9.84 Å². The molecule has 0 saturated carbocycles. The van der Waals surface area contributed by atoms with Crippen molar-refractivity contribution in [3.05, 3.63) is 12.2 Å². The van der Waals surface area contributed by atoms with Crippen molar-refractivity contribution in [3.8, 4) is 0 Å². The van der Waals surface area contributed by atoms with Gasteiger partial charge in [-0.25, -0.2) is 8.42 Å². The minimum absolute atomic E-state index is 0.219. The van der Waals surface area contributed by atoms with Crippen molar-refractivity contribution < 1.29 is 8.42 Å². The standard InChI is InChI=1S/C9H18N4O2S/c1-3-16(14,15)6-4-5-10-7-9-12-11-8-13(9)2/h8,10H,3-7H2,1-2H3. The third-order valence-corrected chi connectivity index (χ3v) is 4.13. The van der Waals surface area contributed by atoms with E-state index in [4.69, 9.17) is 0 Å². The Morgan fingerprint density at radius 3 is 2.81 bits per heavy atom. The van der Waals surface area contributed by atoms with Crippen molar-refractivity contribution in [2.45, 2.75) is 19.9 Å². The number of nitrogens with zero attached hydrogens (tertiary/aromatic N) is 3. The lowest BCUT2D eigenvalue weighted by Gasteiger charge is -2.04. The smallest absolute Gasteiger partial charge is 0.150 e. The van der Waals surface area contributed by atoms with Gasteiger partial charge in [-0.1, -0.05) is 6.92 Å². The van der Waals surface area contributed by atoms with Gasteiger partial charge >= 0.3 is 0 Å². The predicted molar refractivity (Wildman–Crippen MR) is 61.7 cm³/mol. The maximum absolute atomic E-state index is 11.2. The minimum Gasteiger partial charge on any atom is -0.320 e. The van der Waals surface area contributed by atoms with E-state index in [-0.39, 0.29) is 11.5 Å². The summed E-state index contributed by atoms with van der Waals surface area (Å²) in [5.41, 5.74) is 0. The van der Waals surface area contributed by atoms with Crippen molar-refractivity contribution in [2.75, 3.05) is 18.1 Å². The molecule has 0 radical (unpaired) electrons. The second-order valence-electron chi connectivity index (χ2n) is 3.62. The number of hydrogen-bond donors (Lipinski definition) is 1. The van der Waals surface area contributed by atoms with Crippen LogP contribution in [0.5, 0.6) is 0 Å². The Morgan fingerprint density at radius 2 is 2.25 bits per heavy atom. The Kier molecular flexibility index (Phi) is 4.88. The zero-order valence-electron chi connectivity index (χ0n) is 9.68. The Labute approximate surface area is 96.0 Å². The Hall–Kier alpha value is -0.950. The molecule has 0 aromatic carbocycles. The molecule has 1 N–H and O–H groups in total. The number of nitrogens with one attached hydrogen (secondary N) is 1. The van der Waals surface area contributed by atoms with Crippen LogP contribution in [0.2, 0.25) is 0 Å². The molecule has 0 spiro atoms. The van der Waals surface area contributed by atoms with E-state index in [1.165, 1.54) is 0 Å². The lowest BCUT2D eigenvalue weighted by Crippen LogP contribution is -2.20. The number of aryl methyl sites for hydroxylation is 1. The summed E-state index contributed by atoms with van der Waals surface area (Å²) >= 11 is 0. The Bertz CT molecular complexity index is 413. The van der Waals surface area contributed by atoms with E-state index in [1.807, 2.05) is 11.6 Å². The fourth-order valence-electron chi connectivity index (χ4n) is 1.23. The first kappa shape index (κ1) is 13.1. The van der Waals surface area contributed by atoms with E-state index in [2.05, 4.69) is 15.5 Å². The third kappa shape index (κ3) is 4.28. The molecule has 0 aliphatic rings. The minimum atomic E-state index is -2.84. The summed E-state index contributed by atoms with van der Waals surface area (Å²) in [6.07, 6.45) is 2.27. The van der Waals surface area contributed by atoms with E-state index in [0.29, 0.717) is 19.5 Å². The first-order chi connectivity index (χ1) is 7.55. The molecule has 0 aliphatic heterocycles. The molecule has 16 heavy (non-hydrogen) atoms. The van der Waals surface area contributed by atoms with Crippen LogP contribution in [0, 0.1) is 0 Å². The number of sulfone groups is 1. The molecule has 7 heteroatoms. The maximum atomic E-state index is 11.2. The van der Waals surface area contributed by atoms with Crippen molar-refractivity contribution in [1.29, 1.82) is 0 Å². The summed E-state index contributed by atoms with van der Waals surface area (Å²) in [6, 6.07) is 0. The first-order valence-electron chi connectivity index (χ1n) is 5.29. The van der Waals surface area contributed by atoms with E-state index in [0.717, 1.165) is 5.82 Å². The van der Waals surface area contributed by atoms with Crippen molar-refractivity contribution in [1.82, 2.24) is 20.1 Å². The van der Waals surface area contributed by atoms with E-state index >= 15 is 0 Å². The Morgan fingerprint density at radius 1 is 1.50 bits per heavy atom. The van der Waals surface area contributed by atoms with E-state index in [9.17, 15) is 8.42 Å². The molecule has 92 valence electrons. The first-order valence-corrected chi connectivity index (χ1v) is 7.11. The van der Waals surface area contributed by atoms with Crippen LogP contribution in [-0.4, -0.2) is 41.2 Å². The molecule has 0 saturated heterocycles. The van der Waals surface area contributed by atoms with Gasteiger partial charge in [-0.3, -0.25) is 0 Å². The zero-order valence-corrected chi connectivity index (χ0v) is 10.5. The fourth-order valence-corrected chi connectivity index (χ4v) is 2.10. The van der Waals surface area contributed by atoms with Crippen molar-refractivity contribution in [3.63, 3.8) is 0 Å². The molecular weight excluding hydrogens is 228 g/mol. The van der Waals surface area contributed by atoms with Crippen LogP contribution in [0.3, 0.4) is 0 Å². The molecule has 0 atom stereocenters. The summed E-state index contributed by atoms with van der Waals surface area (Å²) in [6.45, 7) is 2.96. The quantitative estimate of drug-likeness (QED) is 0.670. The molecule has 6 nitrogen and oxygen atoms in total. The highest BCUT2D eigenvalue weighted by atomic mass is 32.2. The molecule has 1 aromatic heterocycles. The highest BCUT2D eigenvalue weighted by molar-refractivity contribution is 7.91. The Balaban J connectivity index is 2.16. The number of hydrogen-bond acceptors (Lipinski definition) is 5. The second-order valence-corrected chi connectivity index (χ2v) is 6.10. The van der Waals surface area contributed by atoms with Crippen LogP contribution in [-0.2, 0) is 23.4 Å². The van der Waals surface area contributed by atoms with Crippen LogP contribution in [0.1, 0.15) is 19.2 Å². The molecule has 0 amide bonds. The molecule has 0 fully saturated rings. The summed E-state index contributed by atoms with van der Waals surface area (Å²) in [7, 11) is -0.962. The molecule has 0 bridgehead atoms. The van der Waals surface area contributed by atoms with Crippen LogP contribution >= 0.6 is 0 Å². The van der Waals surface area contributed by atoms with Gasteiger partial charge in [-0.05, 0) is 13.0 Å². The lowest BCUT2D eigenvalue weighted by molar-refractivity contribution is 0.586. The van der Waals surface area contributed by atoms with Crippen LogP contribution in [0.15, 0.2) is 6.33 Å². The van der Waals surface area contributed by atoms with Gasteiger partial charge in [0.2, 0.25) is 0 Å². The highest BCUT2D eigenvalue weighted by Crippen LogP contribution is 1.94. The second kappa shape index (κ2) is 5.95. The molecule has 1 heterocycles. The largest absolute Gasteiger partial charge is 0.320 e. The van der Waals surface area contributed by atoms with Gasteiger partial charge in [0.1, 0.15) is 22.0 Å². The SMILES string of the molecule is CCS(=O)(=O)CCCNCc1nncn1C. The predicted octanol–water partition coefficient (Wildman–Crippen LogP) is -0.270. The summed E-state index contributed by atoms with van der Waals surface area (Å²) in [5, 5.41) is 10.8. The number of rotatable bonds is 7. The van der Waals surface area contributed by atoms with Gasteiger partial charge in [-0.2, -0.15) is 0 Å². The summed E-state index contributed by atoms with van der Waals surface area (Å²) < 4.78 is 24.2. The molecule has 0 unspecified atom stereocenters. The molecular formula is C9H18N4O2S. The van der Waals surface area contributed by atoms with E-state index in [1.54, 1.807) is 13.3 Å². The molecule has 1 rings (SSSR count). The van der Waals surface area contributed by atoms with Gasteiger partial charge in [0.25, 0.3) is 0 Å². The van der Waals surface area contributed by atoms with Crippen molar-refractivity contribution in [2.24, 2.45) is 7.05 Å². The fraction of sp³-hybridized carbons (Fsp3) is 0.778. The topological polar surface area (TPSA) is 76.9 Å². The maximum Gasteiger partial charge on any atom is 0.150 e. The normalized spacial score (nSPS) is 11.9.